The molecule has 0 radical (unpaired) electrons. The predicted molar refractivity (Wildman–Crippen MR) is 71.0 cm³/mol. The van der Waals surface area contributed by atoms with E-state index < -0.39 is 11.2 Å². The number of fused-ring (bicyclic) bond motifs is 1. The number of rotatable bonds is 2. The van der Waals surface area contributed by atoms with E-state index >= 15 is 0 Å². The van der Waals surface area contributed by atoms with Gasteiger partial charge in [-0.2, -0.15) is 0 Å². The summed E-state index contributed by atoms with van der Waals surface area (Å²) in [4.78, 5) is 0. The molecule has 0 spiro atoms. The Morgan fingerprint density at radius 1 is 1.39 bits per heavy atom. The van der Waals surface area contributed by atoms with Gasteiger partial charge in [0, 0.05) is 0 Å². The van der Waals surface area contributed by atoms with Crippen LogP contribution in [-0.4, -0.2) is 33.1 Å². The number of hydrogen-bond acceptors (Lipinski definition) is 3. The number of hydrogen-bond donors (Lipinski definition) is 3. The minimum atomic E-state index is -0.973. The van der Waals surface area contributed by atoms with E-state index in [4.69, 9.17) is 0 Å². The smallest absolute Gasteiger partial charge is 0.0914 e. The molecule has 0 aromatic carbocycles. The average Bonchev–Trinajstić information content (AvgIpc) is 2.56. The second kappa shape index (κ2) is 4.62. The van der Waals surface area contributed by atoms with E-state index in [0.717, 1.165) is 18.4 Å². The van der Waals surface area contributed by atoms with Crippen molar-refractivity contribution in [2.24, 2.45) is 17.8 Å². The first-order chi connectivity index (χ1) is 8.28. The zero-order valence-corrected chi connectivity index (χ0v) is 11.7. The lowest BCUT2D eigenvalue weighted by Gasteiger charge is -2.34. The molecule has 0 amide bonds. The molecule has 0 aromatic heterocycles. The zero-order valence-electron chi connectivity index (χ0n) is 11.7. The van der Waals surface area contributed by atoms with E-state index in [2.05, 4.69) is 13.0 Å². The number of allylic oxidation sites excluding steroid dienone is 1. The Bertz CT molecular complexity index is 342. The fourth-order valence-electron chi connectivity index (χ4n) is 3.69. The molecule has 1 fully saturated rings. The van der Waals surface area contributed by atoms with Crippen LogP contribution >= 0.6 is 0 Å². The molecule has 3 N–H and O–H groups in total. The van der Waals surface area contributed by atoms with E-state index in [0.29, 0.717) is 18.8 Å². The topological polar surface area (TPSA) is 60.7 Å². The van der Waals surface area contributed by atoms with Crippen LogP contribution in [0, 0.1) is 17.8 Å². The van der Waals surface area contributed by atoms with E-state index in [-0.39, 0.29) is 18.4 Å². The van der Waals surface area contributed by atoms with Gasteiger partial charge in [0.1, 0.15) is 0 Å². The highest BCUT2D eigenvalue weighted by atomic mass is 16.3. The van der Waals surface area contributed by atoms with Gasteiger partial charge in [-0.05, 0) is 62.9 Å². The summed E-state index contributed by atoms with van der Waals surface area (Å²) >= 11 is 0. The van der Waals surface area contributed by atoms with Crippen molar-refractivity contribution < 1.29 is 15.3 Å². The van der Waals surface area contributed by atoms with Gasteiger partial charge in [-0.15, -0.1) is 0 Å². The summed E-state index contributed by atoms with van der Waals surface area (Å²) < 4.78 is 0. The fourth-order valence-corrected chi connectivity index (χ4v) is 3.69. The molecule has 0 saturated heterocycles. The van der Waals surface area contributed by atoms with Gasteiger partial charge in [0.05, 0.1) is 17.8 Å². The molecule has 2 aliphatic carbocycles. The van der Waals surface area contributed by atoms with Gasteiger partial charge in [0.15, 0.2) is 0 Å². The van der Waals surface area contributed by atoms with E-state index in [9.17, 15) is 15.3 Å². The van der Waals surface area contributed by atoms with Crippen molar-refractivity contribution in [2.75, 3.05) is 6.61 Å². The van der Waals surface area contributed by atoms with Crippen molar-refractivity contribution in [3.05, 3.63) is 11.6 Å². The second-order valence-corrected chi connectivity index (χ2v) is 6.75. The summed E-state index contributed by atoms with van der Waals surface area (Å²) in [7, 11) is 0. The van der Waals surface area contributed by atoms with Crippen LogP contribution in [-0.2, 0) is 0 Å². The van der Waals surface area contributed by atoms with Crippen LogP contribution in [0.25, 0.3) is 0 Å². The van der Waals surface area contributed by atoms with Crippen molar-refractivity contribution in [1.82, 2.24) is 0 Å². The fraction of sp³-hybridized carbons (Fsp3) is 0.867. The molecule has 3 heteroatoms. The molecule has 18 heavy (non-hydrogen) atoms. The first kappa shape index (κ1) is 14.0. The average molecular weight is 254 g/mol. The SMILES string of the molecule is CC1CCC2C1C=C(C(C)(C)O)CCC2(O)CO. The molecule has 0 heterocycles. The normalized spacial score (nSPS) is 41.2. The molecule has 0 aromatic rings. The summed E-state index contributed by atoms with van der Waals surface area (Å²) in [6.07, 6.45) is 5.45. The summed E-state index contributed by atoms with van der Waals surface area (Å²) in [6, 6.07) is 0. The molecule has 0 aliphatic heterocycles. The lowest BCUT2D eigenvalue weighted by atomic mass is 9.78. The van der Waals surface area contributed by atoms with E-state index in [1.165, 1.54) is 0 Å². The van der Waals surface area contributed by atoms with Crippen LogP contribution in [0.15, 0.2) is 11.6 Å². The van der Waals surface area contributed by atoms with Crippen molar-refractivity contribution >= 4 is 0 Å². The van der Waals surface area contributed by atoms with Crippen molar-refractivity contribution in [1.29, 1.82) is 0 Å². The van der Waals surface area contributed by atoms with Gasteiger partial charge in [-0.1, -0.05) is 13.0 Å². The molecule has 0 bridgehead atoms. The van der Waals surface area contributed by atoms with E-state index in [1.54, 1.807) is 13.8 Å². The Labute approximate surface area is 110 Å². The Hall–Kier alpha value is -0.380. The Balaban J connectivity index is 2.35. The third kappa shape index (κ3) is 2.36. The quantitative estimate of drug-likeness (QED) is 0.659. The molecular weight excluding hydrogens is 228 g/mol. The second-order valence-electron chi connectivity index (χ2n) is 6.75. The highest BCUT2D eigenvalue weighted by Gasteiger charge is 2.47. The van der Waals surface area contributed by atoms with Gasteiger partial charge >= 0.3 is 0 Å². The van der Waals surface area contributed by atoms with E-state index in [1.807, 2.05) is 0 Å². The van der Waals surface area contributed by atoms with Gasteiger partial charge in [0.25, 0.3) is 0 Å². The zero-order chi connectivity index (χ0) is 13.6. The lowest BCUT2D eigenvalue weighted by Crippen LogP contribution is -2.42. The van der Waals surface area contributed by atoms with Crippen LogP contribution in [0.1, 0.15) is 46.5 Å². The first-order valence-electron chi connectivity index (χ1n) is 7.05. The van der Waals surface area contributed by atoms with Crippen LogP contribution in [0.5, 0.6) is 0 Å². The predicted octanol–water partition coefficient (Wildman–Crippen LogP) is 1.86. The molecule has 4 unspecified atom stereocenters. The summed E-state index contributed by atoms with van der Waals surface area (Å²) in [5, 5.41) is 30.4. The Morgan fingerprint density at radius 2 is 2.06 bits per heavy atom. The standard InChI is InChI=1S/C15H26O3/c1-10-4-5-13-12(10)8-11(14(2,3)17)6-7-15(13,18)9-16/h8,10,12-13,16-18H,4-7,9H2,1-3H3. The Kier molecular flexibility index (Phi) is 3.60. The molecule has 2 rings (SSSR count). The van der Waals surface area contributed by atoms with Crippen LogP contribution in [0.2, 0.25) is 0 Å². The molecule has 1 saturated carbocycles. The third-order valence-corrected chi connectivity index (χ3v) is 5.03. The van der Waals surface area contributed by atoms with Gasteiger partial charge in [-0.3, -0.25) is 0 Å². The maximum atomic E-state index is 10.7. The summed E-state index contributed by atoms with van der Waals surface area (Å²) in [5.74, 6) is 0.937. The van der Waals surface area contributed by atoms with Gasteiger partial charge in [-0.25, -0.2) is 0 Å². The minimum absolute atomic E-state index is 0.136. The molecule has 4 atom stereocenters. The molecule has 3 nitrogen and oxygen atoms in total. The minimum Gasteiger partial charge on any atom is -0.393 e. The summed E-state index contributed by atoms with van der Waals surface area (Å²) in [6.45, 7) is 5.63. The van der Waals surface area contributed by atoms with Crippen LogP contribution in [0.4, 0.5) is 0 Å². The summed E-state index contributed by atoms with van der Waals surface area (Å²) in [5.41, 5.74) is -0.789. The lowest BCUT2D eigenvalue weighted by molar-refractivity contribution is -0.0741. The number of aliphatic hydroxyl groups is 3. The maximum Gasteiger partial charge on any atom is 0.0914 e. The molecular formula is C15H26O3. The van der Waals surface area contributed by atoms with Crippen molar-refractivity contribution in [3.8, 4) is 0 Å². The van der Waals surface area contributed by atoms with Crippen LogP contribution in [0.3, 0.4) is 0 Å². The van der Waals surface area contributed by atoms with Gasteiger partial charge in [0.2, 0.25) is 0 Å². The molecule has 104 valence electrons. The Morgan fingerprint density at radius 3 is 2.61 bits per heavy atom. The van der Waals surface area contributed by atoms with Gasteiger partial charge < -0.3 is 15.3 Å². The van der Waals surface area contributed by atoms with Crippen molar-refractivity contribution in [2.45, 2.75) is 57.7 Å². The largest absolute Gasteiger partial charge is 0.393 e. The highest BCUT2D eigenvalue weighted by Crippen LogP contribution is 2.48. The van der Waals surface area contributed by atoms with Crippen molar-refractivity contribution in [3.63, 3.8) is 0 Å². The third-order valence-electron chi connectivity index (χ3n) is 5.03. The number of aliphatic hydroxyl groups excluding tert-OH is 1. The first-order valence-corrected chi connectivity index (χ1v) is 7.05. The molecule has 2 aliphatic rings. The highest BCUT2D eigenvalue weighted by molar-refractivity contribution is 5.21. The monoisotopic (exact) mass is 254 g/mol. The maximum absolute atomic E-state index is 10.7. The van der Waals surface area contributed by atoms with Crippen LogP contribution < -0.4 is 0 Å².